The number of hydrogen-bond donors (Lipinski definition) is 3. The molecule has 1 amide bonds. The van der Waals surface area contributed by atoms with Gasteiger partial charge in [0.05, 0.1) is 18.2 Å². The van der Waals surface area contributed by atoms with E-state index in [9.17, 15) is 9.90 Å². The van der Waals surface area contributed by atoms with Gasteiger partial charge in [-0.2, -0.15) is 0 Å². The number of amides is 1. The minimum Gasteiger partial charge on any atom is -0.394 e. The molecule has 0 bridgehead atoms. The molecule has 4 N–H and O–H groups in total. The first-order chi connectivity index (χ1) is 7.89. The van der Waals surface area contributed by atoms with Crippen LogP contribution in [0.25, 0.3) is 0 Å². The molecule has 1 saturated carbocycles. The van der Waals surface area contributed by atoms with Gasteiger partial charge in [0.1, 0.15) is 0 Å². The summed E-state index contributed by atoms with van der Waals surface area (Å²) in [6, 6.07) is -0.194. The minimum absolute atomic E-state index is 0.0327. The Bertz CT molecular complexity index is 268. The van der Waals surface area contributed by atoms with Gasteiger partial charge in [-0.3, -0.25) is 4.79 Å². The SMILES string of the molecule is CC1CCCC(N)(C(=O)NC(CO)C(C)C)C1. The van der Waals surface area contributed by atoms with E-state index in [-0.39, 0.29) is 24.5 Å². The lowest BCUT2D eigenvalue weighted by molar-refractivity contribution is -0.129. The van der Waals surface area contributed by atoms with Crippen molar-refractivity contribution in [3.8, 4) is 0 Å². The Balaban J connectivity index is 2.62. The molecule has 0 aromatic heterocycles. The number of rotatable bonds is 4. The fourth-order valence-corrected chi connectivity index (χ4v) is 2.53. The summed E-state index contributed by atoms with van der Waals surface area (Å²) in [6.45, 7) is 6.07. The smallest absolute Gasteiger partial charge is 0.240 e. The second-order valence-electron chi connectivity index (χ2n) is 5.86. The third-order valence-electron chi connectivity index (χ3n) is 3.80. The van der Waals surface area contributed by atoms with Crippen molar-refractivity contribution in [3.63, 3.8) is 0 Å². The summed E-state index contributed by atoms with van der Waals surface area (Å²) in [5.41, 5.74) is 5.47. The highest BCUT2D eigenvalue weighted by Gasteiger charge is 2.38. The lowest BCUT2D eigenvalue weighted by Crippen LogP contribution is -2.59. The summed E-state index contributed by atoms with van der Waals surface area (Å²) in [5.74, 6) is 0.622. The van der Waals surface area contributed by atoms with Gasteiger partial charge in [-0.15, -0.1) is 0 Å². The molecule has 3 unspecified atom stereocenters. The van der Waals surface area contributed by atoms with Gasteiger partial charge in [-0.05, 0) is 24.7 Å². The van der Waals surface area contributed by atoms with Crippen LogP contribution in [0.5, 0.6) is 0 Å². The summed E-state index contributed by atoms with van der Waals surface area (Å²) in [4.78, 5) is 12.2. The summed E-state index contributed by atoms with van der Waals surface area (Å²) in [5, 5.41) is 12.1. The first kappa shape index (κ1) is 14.5. The molecule has 4 heteroatoms. The lowest BCUT2D eigenvalue weighted by atomic mass is 9.76. The highest BCUT2D eigenvalue weighted by atomic mass is 16.3. The van der Waals surface area contributed by atoms with E-state index >= 15 is 0 Å². The Labute approximate surface area is 104 Å². The maximum absolute atomic E-state index is 12.2. The molecule has 0 radical (unpaired) electrons. The highest BCUT2D eigenvalue weighted by molar-refractivity contribution is 5.86. The Morgan fingerprint density at radius 1 is 1.59 bits per heavy atom. The second-order valence-corrected chi connectivity index (χ2v) is 5.86. The van der Waals surface area contributed by atoms with Crippen molar-refractivity contribution >= 4 is 5.91 Å². The van der Waals surface area contributed by atoms with Gasteiger partial charge < -0.3 is 16.2 Å². The third kappa shape index (κ3) is 3.68. The van der Waals surface area contributed by atoms with Crippen LogP contribution in [0.15, 0.2) is 0 Å². The standard InChI is InChI=1S/C13H26N2O2/c1-9(2)11(8-16)15-12(17)13(14)6-4-5-10(3)7-13/h9-11,16H,4-8,14H2,1-3H3,(H,15,17). The zero-order valence-corrected chi connectivity index (χ0v) is 11.2. The largest absolute Gasteiger partial charge is 0.394 e. The molecule has 100 valence electrons. The molecule has 0 heterocycles. The minimum atomic E-state index is -0.736. The average molecular weight is 242 g/mol. The van der Waals surface area contributed by atoms with Crippen LogP contribution in [-0.4, -0.2) is 29.2 Å². The molecule has 0 aromatic rings. The van der Waals surface area contributed by atoms with E-state index in [1.54, 1.807) is 0 Å². The van der Waals surface area contributed by atoms with Crippen molar-refractivity contribution < 1.29 is 9.90 Å². The van der Waals surface area contributed by atoms with E-state index in [4.69, 9.17) is 5.73 Å². The Morgan fingerprint density at radius 3 is 2.71 bits per heavy atom. The van der Waals surface area contributed by atoms with Crippen LogP contribution in [-0.2, 0) is 4.79 Å². The number of nitrogens with one attached hydrogen (secondary N) is 1. The van der Waals surface area contributed by atoms with E-state index in [0.29, 0.717) is 5.92 Å². The fourth-order valence-electron chi connectivity index (χ4n) is 2.53. The predicted octanol–water partition coefficient (Wildman–Crippen LogP) is 1.03. The van der Waals surface area contributed by atoms with Crippen molar-refractivity contribution in [2.75, 3.05) is 6.61 Å². The second kappa shape index (κ2) is 5.83. The highest BCUT2D eigenvalue weighted by Crippen LogP contribution is 2.30. The number of hydrogen-bond acceptors (Lipinski definition) is 3. The molecule has 0 spiro atoms. The number of nitrogens with two attached hydrogens (primary N) is 1. The van der Waals surface area contributed by atoms with Crippen molar-refractivity contribution in [1.82, 2.24) is 5.32 Å². The van der Waals surface area contributed by atoms with E-state index in [1.807, 2.05) is 13.8 Å². The van der Waals surface area contributed by atoms with Gasteiger partial charge in [-0.25, -0.2) is 0 Å². The number of carbonyl (C=O) groups is 1. The number of aliphatic hydroxyl groups is 1. The van der Waals surface area contributed by atoms with E-state index < -0.39 is 5.54 Å². The van der Waals surface area contributed by atoms with Crippen molar-refractivity contribution in [1.29, 1.82) is 0 Å². The molecule has 1 fully saturated rings. The van der Waals surface area contributed by atoms with Crippen molar-refractivity contribution in [2.45, 2.75) is 58.0 Å². The molecule has 1 aliphatic carbocycles. The molecule has 0 aromatic carbocycles. The molecule has 4 nitrogen and oxygen atoms in total. The van der Waals surface area contributed by atoms with Crippen LogP contribution in [0.1, 0.15) is 46.5 Å². The third-order valence-corrected chi connectivity index (χ3v) is 3.80. The van der Waals surface area contributed by atoms with E-state index in [1.165, 1.54) is 0 Å². The van der Waals surface area contributed by atoms with Gasteiger partial charge in [-0.1, -0.05) is 33.6 Å². The van der Waals surface area contributed by atoms with Gasteiger partial charge in [0.25, 0.3) is 0 Å². The molecule has 1 rings (SSSR count). The maximum atomic E-state index is 12.2. The van der Waals surface area contributed by atoms with Crippen LogP contribution in [0.2, 0.25) is 0 Å². The maximum Gasteiger partial charge on any atom is 0.240 e. The summed E-state index contributed by atoms with van der Waals surface area (Å²) in [6.07, 6.45) is 3.66. The average Bonchev–Trinajstić information content (AvgIpc) is 2.24. The lowest BCUT2D eigenvalue weighted by Gasteiger charge is -2.36. The number of aliphatic hydroxyl groups excluding tert-OH is 1. The molecule has 0 saturated heterocycles. The zero-order chi connectivity index (χ0) is 13.1. The molecule has 0 aliphatic heterocycles. The van der Waals surface area contributed by atoms with Crippen LogP contribution in [0, 0.1) is 11.8 Å². The number of carbonyl (C=O) groups excluding carboxylic acids is 1. The van der Waals surface area contributed by atoms with Crippen LogP contribution < -0.4 is 11.1 Å². The summed E-state index contributed by atoms with van der Waals surface area (Å²) < 4.78 is 0. The van der Waals surface area contributed by atoms with Crippen LogP contribution in [0.4, 0.5) is 0 Å². The van der Waals surface area contributed by atoms with Gasteiger partial charge in [0, 0.05) is 0 Å². The van der Waals surface area contributed by atoms with Crippen molar-refractivity contribution in [2.24, 2.45) is 17.6 Å². The monoisotopic (exact) mass is 242 g/mol. The zero-order valence-electron chi connectivity index (χ0n) is 11.2. The fraction of sp³-hybridized carbons (Fsp3) is 0.923. The van der Waals surface area contributed by atoms with Crippen molar-refractivity contribution in [3.05, 3.63) is 0 Å². The normalized spacial score (nSPS) is 31.3. The predicted molar refractivity (Wildman–Crippen MR) is 68.4 cm³/mol. The Hall–Kier alpha value is -0.610. The first-order valence-corrected chi connectivity index (χ1v) is 6.59. The van der Waals surface area contributed by atoms with Crippen LogP contribution >= 0.6 is 0 Å². The molecular weight excluding hydrogens is 216 g/mol. The van der Waals surface area contributed by atoms with Gasteiger partial charge in [0.2, 0.25) is 5.91 Å². The molecule has 17 heavy (non-hydrogen) atoms. The summed E-state index contributed by atoms with van der Waals surface area (Å²) >= 11 is 0. The molecule has 1 aliphatic rings. The first-order valence-electron chi connectivity index (χ1n) is 6.59. The summed E-state index contributed by atoms with van der Waals surface area (Å²) in [7, 11) is 0. The molecular formula is C13H26N2O2. The van der Waals surface area contributed by atoms with E-state index in [0.717, 1.165) is 25.7 Å². The quantitative estimate of drug-likeness (QED) is 0.689. The molecule has 3 atom stereocenters. The Morgan fingerprint density at radius 2 is 2.24 bits per heavy atom. The van der Waals surface area contributed by atoms with E-state index in [2.05, 4.69) is 12.2 Å². The Kier molecular flexibility index (Phi) is 4.95. The van der Waals surface area contributed by atoms with Gasteiger partial charge >= 0.3 is 0 Å². The van der Waals surface area contributed by atoms with Crippen LogP contribution in [0.3, 0.4) is 0 Å². The van der Waals surface area contributed by atoms with Gasteiger partial charge in [0.15, 0.2) is 0 Å². The topological polar surface area (TPSA) is 75.4 Å².